The van der Waals surface area contributed by atoms with E-state index in [1.54, 1.807) is 0 Å². The van der Waals surface area contributed by atoms with Gasteiger partial charge < -0.3 is 122 Å². The number of unbranched alkanes of at least 4 members (excludes halogenated alkanes) is 8. The Bertz CT molecular complexity index is 2370. The molecule has 0 bridgehead atoms. The number of hydrogen-bond acceptors (Lipinski definition) is 25. The molecule has 3 heterocycles. The third-order valence-corrected chi connectivity index (χ3v) is 19.3. The number of ether oxygens (including phenoxy) is 6. The van der Waals surface area contributed by atoms with Gasteiger partial charge >= 0.3 is 0 Å². The number of carbonyl (C=O) groups excluding carboxylic acids is 10. The summed E-state index contributed by atoms with van der Waals surface area (Å²) in [5.74, 6) is -2.23. The Hall–Kier alpha value is -5.70. The van der Waals surface area contributed by atoms with E-state index in [1.807, 2.05) is 0 Å². The van der Waals surface area contributed by atoms with Gasteiger partial charge in [0, 0.05) is 117 Å². The number of Topliss-reactive ketones (excluding diaryl/α,β-unsaturated/α-hetero) is 1. The van der Waals surface area contributed by atoms with Crippen LogP contribution in [-0.4, -0.2) is 295 Å². The Kier molecular flexibility index (Phi) is 49.7. The van der Waals surface area contributed by atoms with Crippen molar-refractivity contribution >= 4 is 58.9 Å². The molecule has 3 aliphatic rings. The molecular weight excluding hydrogens is 1410 g/mol. The number of rotatable bonds is 59. The number of carbonyl (C=O) groups is 10. The Morgan fingerprint density at radius 2 is 0.611 bits per heavy atom. The van der Waals surface area contributed by atoms with Gasteiger partial charge in [-0.05, 0) is 70.1 Å². The van der Waals surface area contributed by atoms with Crippen molar-refractivity contribution in [1.29, 1.82) is 0 Å². The summed E-state index contributed by atoms with van der Waals surface area (Å²) in [5, 5.41) is 116. The second kappa shape index (κ2) is 55.7. The number of nitrogens with one attached hydrogen (secondary N) is 9. The van der Waals surface area contributed by atoms with Gasteiger partial charge in [-0.1, -0.05) is 71.6 Å². The average molecular weight is 1550 g/mol. The van der Waals surface area contributed by atoms with Crippen LogP contribution in [0.25, 0.3) is 0 Å². The van der Waals surface area contributed by atoms with E-state index in [4.69, 9.17) is 28.4 Å². The van der Waals surface area contributed by atoms with Crippen molar-refractivity contribution in [2.75, 3.05) is 98.7 Å². The largest absolute Gasteiger partial charge is 0.394 e. The van der Waals surface area contributed by atoms with Crippen LogP contribution < -0.4 is 47.9 Å². The van der Waals surface area contributed by atoms with E-state index in [-0.39, 0.29) is 152 Å². The van der Waals surface area contributed by atoms with Crippen LogP contribution in [0.1, 0.15) is 208 Å². The van der Waals surface area contributed by atoms with Gasteiger partial charge in [0.1, 0.15) is 60.7 Å². The van der Waals surface area contributed by atoms with Crippen molar-refractivity contribution in [3.63, 3.8) is 0 Å². The predicted octanol–water partition coefficient (Wildman–Crippen LogP) is -1.56. The van der Waals surface area contributed by atoms with Gasteiger partial charge in [0.2, 0.25) is 53.2 Å². The third kappa shape index (κ3) is 40.0. The molecule has 0 spiro atoms. The lowest BCUT2D eigenvalue weighted by Gasteiger charge is -2.42. The van der Waals surface area contributed by atoms with Gasteiger partial charge in [0.25, 0.3) is 0 Å². The van der Waals surface area contributed by atoms with Crippen molar-refractivity contribution < 1.29 is 122 Å². The summed E-state index contributed by atoms with van der Waals surface area (Å²) >= 11 is 0. The van der Waals surface area contributed by atoms with Gasteiger partial charge in [0.15, 0.2) is 0 Å². The summed E-state index contributed by atoms with van der Waals surface area (Å²) in [4.78, 5) is 126. The fourth-order valence-electron chi connectivity index (χ4n) is 13.3. The molecule has 0 saturated carbocycles. The fourth-order valence-corrected chi connectivity index (χ4v) is 13.3. The van der Waals surface area contributed by atoms with Crippen LogP contribution in [-0.2, 0) is 76.4 Å². The minimum absolute atomic E-state index is 0.0277. The van der Waals surface area contributed by atoms with Crippen molar-refractivity contribution in [2.45, 2.75) is 299 Å². The SMILES string of the molecule is CC(=O)N[C@H]1C(CCCCCC(=O)NCCCNC(=O)CCOCC(COCCC(=O)NCCCNC(=O)CCCCCC2O[C@H](CO)[C@H](O)[C@H](O)[C@H]2NC(C)=O)(COCCC(=O)NCCCNC(=O)CCCCCC2O[C@H](CO)[C@H](O)[C@H](O)[C@H]2NC(C)=O)CC(=O)CCCCCC(C)C)O[C@H](CO)[C@H](O)[C@@H]1O. The van der Waals surface area contributed by atoms with Gasteiger partial charge in [-0.15, -0.1) is 0 Å². The van der Waals surface area contributed by atoms with Crippen LogP contribution >= 0.6 is 0 Å². The first-order chi connectivity index (χ1) is 51.6. The summed E-state index contributed by atoms with van der Waals surface area (Å²) in [7, 11) is 0. The van der Waals surface area contributed by atoms with E-state index in [2.05, 4.69) is 61.7 Å². The zero-order chi connectivity index (χ0) is 79.8. The molecule has 0 aromatic carbocycles. The van der Waals surface area contributed by atoms with E-state index in [9.17, 15) is 93.9 Å². The molecule has 3 saturated heterocycles. The fraction of sp³-hybridized carbons (Fsp3) is 0.865. The van der Waals surface area contributed by atoms with Crippen molar-refractivity contribution in [2.24, 2.45) is 11.3 Å². The van der Waals surface area contributed by atoms with Gasteiger partial charge in [0.05, 0.1) is 95.9 Å². The maximum Gasteiger partial charge on any atom is 0.222 e. The highest BCUT2D eigenvalue weighted by Crippen LogP contribution is 2.30. The monoisotopic (exact) mass is 1550 g/mol. The number of aliphatic hydroxyl groups is 9. The van der Waals surface area contributed by atoms with Crippen LogP contribution in [0, 0.1) is 11.3 Å². The van der Waals surface area contributed by atoms with Crippen LogP contribution in [0.15, 0.2) is 0 Å². The van der Waals surface area contributed by atoms with Crippen LogP contribution in [0.5, 0.6) is 0 Å². The topological polar surface area (TPSA) is 516 Å². The molecular formula is C74H133N9O25. The first-order valence-corrected chi connectivity index (χ1v) is 39.2. The first kappa shape index (κ1) is 96.5. The molecule has 3 aliphatic heterocycles. The summed E-state index contributed by atoms with van der Waals surface area (Å²) in [6.45, 7) is 7.97. The summed E-state index contributed by atoms with van der Waals surface area (Å²) < 4.78 is 35.8. The minimum atomic E-state index is -1.37. The first-order valence-electron chi connectivity index (χ1n) is 39.2. The zero-order valence-corrected chi connectivity index (χ0v) is 64.5. The third-order valence-electron chi connectivity index (χ3n) is 19.3. The highest BCUT2D eigenvalue weighted by atomic mass is 16.5. The molecule has 18 N–H and O–H groups in total. The van der Waals surface area contributed by atoms with E-state index in [1.165, 1.54) is 20.8 Å². The molecule has 0 aliphatic carbocycles. The normalized spacial score (nSPS) is 24.7. The van der Waals surface area contributed by atoms with E-state index < -0.39 is 134 Å². The van der Waals surface area contributed by atoms with Crippen LogP contribution in [0.4, 0.5) is 0 Å². The molecule has 0 aromatic rings. The standard InChI is InChI=1S/C74H133N9O25/c1-48(2)21-10-6-11-22-52(90)41-74(45-103-38-29-62(94)78-35-18-32-75-59(91)26-15-7-12-23-53-65(81-49(3)87)71(100)68(97)56(42-84)106-53,46-104-39-30-63(95)79-36-19-33-76-60(92)27-16-8-13-24-54-66(82-50(4)88)72(101)69(98)57(43-85)107-54)47-105-40-31-64(96)80-37-20-34-77-61(93)28-17-9-14-25-55-67(83-51(5)89)73(102)70(99)58(44-86)108-55/h48,53-58,65-73,84-86,97-102H,6-47H2,1-5H3,(H,75,91)(H,76,92)(H,77,93)(H,78,94)(H,79,95)(H,80,96)(H,81,87)(H,82,88)(H,83,89)/t53?,54?,55?,56-,57-,58-,65+,66+,67+,68+,69+,70+,71-,72-,73-,74?/m1/s1. The highest BCUT2D eigenvalue weighted by Gasteiger charge is 2.47. The van der Waals surface area contributed by atoms with Gasteiger partial charge in [-0.2, -0.15) is 0 Å². The second-order valence-electron chi connectivity index (χ2n) is 29.4. The van der Waals surface area contributed by atoms with Crippen molar-refractivity contribution in [1.82, 2.24) is 47.9 Å². The molecule has 624 valence electrons. The van der Waals surface area contributed by atoms with E-state index >= 15 is 0 Å². The van der Waals surface area contributed by atoms with E-state index in [0.29, 0.717) is 128 Å². The molecule has 34 heteroatoms. The van der Waals surface area contributed by atoms with Crippen LogP contribution in [0.2, 0.25) is 0 Å². The molecule has 15 atom stereocenters. The molecule has 34 nitrogen and oxygen atoms in total. The maximum atomic E-state index is 13.9. The van der Waals surface area contributed by atoms with Gasteiger partial charge in [-0.3, -0.25) is 47.9 Å². The van der Waals surface area contributed by atoms with Crippen molar-refractivity contribution in [3.05, 3.63) is 0 Å². The van der Waals surface area contributed by atoms with Crippen molar-refractivity contribution in [3.8, 4) is 0 Å². The Morgan fingerprint density at radius 3 is 0.880 bits per heavy atom. The summed E-state index contributed by atoms with van der Waals surface area (Å²) in [6, 6.07) is -2.58. The lowest BCUT2D eigenvalue weighted by Crippen LogP contribution is -2.63. The summed E-state index contributed by atoms with van der Waals surface area (Å²) in [5.41, 5.74) is -1.11. The number of hydrogen-bond donors (Lipinski definition) is 18. The lowest BCUT2D eigenvalue weighted by molar-refractivity contribution is -0.196. The van der Waals surface area contributed by atoms with Crippen LogP contribution in [0.3, 0.4) is 0 Å². The second-order valence-corrected chi connectivity index (χ2v) is 29.4. The zero-order valence-electron chi connectivity index (χ0n) is 64.5. The Balaban J connectivity index is 1.51. The molecule has 0 radical (unpaired) electrons. The smallest absolute Gasteiger partial charge is 0.222 e. The number of ketones is 1. The quantitative estimate of drug-likeness (QED) is 0.0306. The lowest BCUT2D eigenvalue weighted by atomic mass is 9.83. The average Bonchev–Trinajstić information content (AvgIpc) is 0.822. The Labute approximate surface area is 636 Å². The molecule has 108 heavy (non-hydrogen) atoms. The molecule has 9 amide bonds. The molecule has 0 aromatic heterocycles. The number of aliphatic hydroxyl groups excluding tert-OH is 9. The Morgan fingerprint density at radius 1 is 0.343 bits per heavy atom. The molecule has 3 rings (SSSR count). The highest BCUT2D eigenvalue weighted by molar-refractivity contribution is 5.80. The predicted molar refractivity (Wildman–Crippen MR) is 394 cm³/mol. The maximum absolute atomic E-state index is 13.9. The minimum Gasteiger partial charge on any atom is -0.394 e. The molecule has 3 fully saturated rings. The molecule has 3 unspecified atom stereocenters. The van der Waals surface area contributed by atoms with E-state index in [0.717, 1.165) is 19.3 Å². The number of amides is 9. The summed E-state index contributed by atoms with van der Waals surface area (Å²) in [6.07, 6.45) is -0.739. The van der Waals surface area contributed by atoms with Gasteiger partial charge in [-0.25, -0.2) is 0 Å².